The first-order chi connectivity index (χ1) is 4.47. The minimum Gasteiger partial charge on any atom is -0.286 e. The Morgan fingerprint density at radius 3 is 3.33 bits per heavy atom. The molecule has 4 nitrogen and oxygen atoms in total. The monoisotopic (exact) mass is 120 g/mol. The van der Waals surface area contributed by atoms with E-state index in [0.717, 1.165) is 5.65 Å². The fourth-order valence-corrected chi connectivity index (χ4v) is 0.679. The van der Waals surface area contributed by atoms with Crippen LogP contribution in [-0.2, 0) is 0 Å². The molecule has 44 valence electrons. The lowest BCUT2D eigenvalue weighted by atomic mass is 10.7. The van der Waals surface area contributed by atoms with E-state index in [1.165, 1.54) is 0 Å². The molecule has 0 unspecified atom stereocenters. The maximum Gasteiger partial charge on any atom is 0.179 e. The average Bonchev–Trinajstić information content (AvgIpc) is 2.33. The highest BCUT2D eigenvalue weighted by Crippen LogP contribution is 1.90. The molecule has 0 radical (unpaired) electrons. The van der Waals surface area contributed by atoms with Crippen LogP contribution in [0.3, 0.4) is 0 Å². The quantitative estimate of drug-likeness (QED) is 0.496. The highest BCUT2D eigenvalue weighted by atomic mass is 15.2. The maximum absolute atomic E-state index is 3.86. The van der Waals surface area contributed by atoms with Gasteiger partial charge >= 0.3 is 0 Å². The van der Waals surface area contributed by atoms with Gasteiger partial charge in [0, 0.05) is 12.4 Å². The van der Waals surface area contributed by atoms with Crippen LogP contribution in [0.1, 0.15) is 0 Å². The van der Waals surface area contributed by atoms with Gasteiger partial charge in [-0.15, -0.1) is 10.2 Å². The van der Waals surface area contributed by atoms with E-state index in [2.05, 4.69) is 15.2 Å². The molecule has 2 rings (SSSR count). The Balaban J connectivity index is 2.95. The average molecular weight is 120 g/mol. The summed E-state index contributed by atoms with van der Waals surface area (Å²) in [4.78, 5) is 3.86. The van der Waals surface area contributed by atoms with Gasteiger partial charge in [0.15, 0.2) is 5.65 Å². The molecule has 0 aliphatic carbocycles. The molecule has 9 heavy (non-hydrogen) atoms. The molecular formula is C5H4N4. The summed E-state index contributed by atoms with van der Waals surface area (Å²) in [5.41, 5.74) is 0.775. The van der Waals surface area contributed by atoms with Crippen molar-refractivity contribution in [1.82, 2.24) is 19.6 Å². The summed E-state index contributed by atoms with van der Waals surface area (Å²) >= 11 is 0. The third-order valence-electron chi connectivity index (χ3n) is 1.10. The Bertz CT molecular complexity index is 283. The highest BCUT2D eigenvalue weighted by molar-refractivity contribution is 5.30. The molecule has 0 N–H and O–H groups in total. The lowest BCUT2D eigenvalue weighted by Crippen LogP contribution is -1.81. The van der Waals surface area contributed by atoms with Crippen LogP contribution in [-0.4, -0.2) is 19.6 Å². The van der Waals surface area contributed by atoms with Gasteiger partial charge in [-0.25, -0.2) is 0 Å². The molecule has 0 saturated heterocycles. The van der Waals surface area contributed by atoms with Gasteiger partial charge < -0.3 is 0 Å². The van der Waals surface area contributed by atoms with E-state index in [1.54, 1.807) is 29.3 Å². The second kappa shape index (κ2) is 1.51. The molecule has 0 saturated carbocycles. The number of aromatic nitrogens is 4. The van der Waals surface area contributed by atoms with Gasteiger partial charge in [0.2, 0.25) is 0 Å². The van der Waals surface area contributed by atoms with E-state index in [-0.39, 0.29) is 0 Å². The van der Waals surface area contributed by atoms with Crippen molar-refractivity contribution in [3.05, 3.63) is 24.9 Å². The highest BCUT2D eigenvalue weighted by Gasteiger charge is 1.88. The predicted octanol–water partition coefficient (Wildman–Crippen LogP) is 0.124. The zero-order valence-corrected chi connectivity index (χ0v) is 4.60. The van der Waals surface area contributed by atoms with Gasteiger partial charge in [0.05, 0.1) is 6.20 Å². The van der Waals surface area contributed by atoms with Gasteiger partial charge in [-0.1, -0.05) is 0 Å². The lowest BCUT2D eigenvalue weighted by Gasteiger charge is -1.84. The summed E-state index contributed by atoms with van der Waals surface area (Å²) < 4.78 is 1.80. The molecule has 0 amide bonds. The number of hydrogen-bond acceptors (Lipinski definition) is 3. The maximum atomic E-state index is 3.86. The third kappa shape index (κ3) is 0.561. The standard InChI is InChI=1S/C5H4N4/c1-2-9-4-7-8-5(9)3-6-1/h1-4H. The fourth-order valence-electron chi connectivity index (χ4n) is 0.679. The summed E-state index contributed by atoms with van der Waals surface area (Å²) in [7, 11) is 0. The molecular weight excluding hydrogens is 116 g/mol. The van der Waals surface area contributed by atoms with Gasteiger partial charge in [-0.05, 0) is 0 Å². The molecule has 0 aromatic carbocycles. The Morgan fingerprint density at radius 1 is 1.44 bits per heavy atom. The first-order valence-electron chi connectivity index (χ1n) is 2.56. The van der Waals surface area contributed by atoms with E-state index in [1.807, 2.05) is 0 Å². The Labute approximate surface area is 51.2 Å². The molecule has 0 aliphatic heterocycles. The van der Waals surface area contributed by atoms with Crippen LogP contribution in [0.2, 0.25) is 0 Å². The summed E-state index contributed by atoms with van der Waals surface area (Å²) in [5, 5.41) is 7.44. The molecule has 0 spiro atoms. The second-order valence-electron chi connectivity index (χ2n) is 1.67. The van der Waals surface area contributed by atoms with Crippen molar-refractivity contribution in [3.8, 4) is 0 Å². The van der Waals surface area contributed by atoms with Crippen molar-refractivity contribution in [2.24, 2.45) is 0 Å². The van der Waals surface area contributed by atoms with E-state index in [9.17, 15) is 0 Å². The minimum absolute atomic E-state index is 0.775. The van der Waals surface area contributed by atoms with E-state index in [4.69, 9.17) is 0 Å². The Morgan fingerprint density at radius 2 is 2.44 bits per heavy atom. The van der Waals surface area contributed by atoms with Crippen LogP contribution >= 0.6 is 0 Å². The number of rotatable bonds is 0. The number of nitrogens with zero attached hydrogens (tertiary/aromatic N) is 4. The van der Waals surface area contributed by atoms with Crippen molar-refractivity contribution >= 4 is 5.65 Å². The molecule has 4 heteroatoms. The van der Waals surface area contributed by atoms with E-state index < -0.39 is 0 Å². The Hall–Kier alpha value is -1.45. The summed E-state index contributed by atoms with van der Waals surface area (Å²) in [6.07, 6.45) is 6.79. The predicted molar refractivity (Wildman–Crippen MR) is 30.8 cm³/mol. The van der Waals surface area contributed by atoms with Crippen molar-refractivity contribution in [2.75, 3.05) is 0 Å². The van der Waals surface area contributed by atoms with Crippen LogP contribution in [0.4, 0.5) is 0 Å². The van der Waals surface area contributed by atoms with Crippen LogP contribution in [0.15, 0.2) is 24.9 Å². The normalized spacial score (nSPS) is 10.2. The summed E-state index contributed by atoms with van der Waals surface area (Å²) in [6.45, 7) is 0. The van der Waals surface area contributed by atoms with Crippen LogP contribution < -0.4 is 0 Å². The van der Waals surface area contributed by atoms with Crippen LogP contribution in [0, 0.1) is 0 Å². The largest absolute Gasteiger partial charge is 0.286 e. The third-order valence-corrected chi connectivity index (χ3v) is 1.10. The van der Waals surface area contributed by atoms with Crippen molar-refractivity contribution in [3.63, 3.8) is 0 Å². The van der Waals surface area contributed by atoms with Crippen LogP contribution in [0.5, 0.6) is 0 Å². The van der Waals surface area contributed by atoms with Crippen molar-refractivity contribution < 1.29 is 0 Å². The molecule has 0 aliphatic rings. The van der Waals surface area contributed by atoms with Crippen molar-refractivity contribution in [1.29, 1.82) is 0 Å². The molecule has 2 aromatic rings. The molecule has 2 heterocycles. The number of fused-ring (bicyclic) bond motifs is 1. The van der Waals surface area contributed by atoms with Gasteiger partial charge in [0.1, 0.15) is 6.33 Å². The number of hydrogen-bond donors (Lipinski definition) is 0. The first kappa shape index (κ1) is 4.43. The molecule has 0 fully saturated rings. The second-order valence-corrected chi connectivity index (χ2v) is 1.67. The fraction of sp³-hybridized carbons (Fsp3) is 0. The Kier molecular flexibility index (Phi) is 0.745. The van der Waals surface area contributed by atoms with Gasteiger partial charge in [-0.2, -0.15) is 0 Å². The molecule has 0 atom stereocenters. The molecule has 0 bridgehead atoms. The first-order valence-corrected chi connectivity index (χ1v) is 2.56. The summed E-state index contributed by atoms with van der Waals surface area (Å²) in [6, 6.07) is 0. The lowest BCUT2D eigenvalue weighted by molar-refractivity contribution is 1.10. The van der Waals surface area contributed by atoms with E-state index in [0.29, 0.717) is 0 Å². The zero-order chi connectivity index (χ0) is 6.10. The summed E-state index contributed by atoms with van der Waals surface area (Å²) in [5.74, 6) is 0. The molecule has 2 aromatic heterocycles. The van der Waals surface area contributed by atoms with Crippen LogP contribution in [0.25, 0.3) is 5.65 Å². The van der Waals surface area contributed by atoms with Gasteiger partial charge in [0.25, 0.3) is 0 Å². The SMILES string of the molecule is c1cn2cnnc2cn1. The minimum atomic E-state index is 0.775. The topological polar surface area (TPSA) is 43.1 Å². The smallest absolute Gasteiger partial charge is 0.179 e. The van der Waals surface area contributed by atoms with Gasteiger partial charge in [-0.3, -0.25) is 9.38 Å². The van der Waals surface area contributed by atoms with E-state index >= 15 is 0 Å². The zero-order valence-electron chi connectivity index (χ0n) is 4.60. The van der Waals surface area contributed by atoms with Crippen molar-refractivity contribution in [2.45, 2.75) is 0 Å².